The molecule has 0 unspecified atom stereocenters. The summed E-state index contributed by atoms with van der Waals surface area (Å²) in [4.78, 5) is 73.3. The van der Waals surface area contributed by atoms with Gasteiger partial charge in [0.1, 0.15) is 5.78 Å². The first-order valence-electron chi connectivity index (χ1n) is 14.9. The average Bonchev–Trinajstić information content (AvgIpc) is 3.44. The number of carbonyl (C=O) groups excluding carboxylic acids is 5. The van der Waals surface area contributed by atoms with Gasteiger partial charge in [0, 0.05) is 38.6 Å². The van der Waals surface area contributed by atoms with E-state index in [4.69, 9.17) is 5.73 Å². The quantitative estimate of drug-likeness (QED) is 0.0832. The molecule has 11 heteroatoms. The molecular formula is C33H41N5O5S. The number of nitrogens with one attached hydrogen (secondary N) is 2. The van der Waals surface area contributed by atoms with Gasteiger partial charge in [-0.3, -0.25) is 24.2 Å². The van der Waals surface area contributed by atoms with E-state index in [0.717, 1.165) is 10.3 Å². The summed E-state index contributed by atoms with van der Waals surface area (Å²) in [6.07, 6.45) is 1.76. The number of amides is 2. The normalized spacial score (nSPS) is 13.6. The number of aromatic nitrogens is 1. The number of para-hydroxylation sites is 1. The zero-order valence-electron chi connectivity index (χ0n) is 25.5. The third-order valence-corrected chi connectivity index (χ3v) is 8.21. The van der Waals surface area contributed by atoms with Gasteiger partial charge in [0.15, 0.2) is 10.8 Å². The number of hydrogen-bond donors (Lipinski definition) is 3. The fourth-order valence-electron chi connectivity index (χ4n) is 4.76. The van der Waals surface area contributed by atoms with E-state index in [9.17, 15) is 24.0 Å². The van der Waals surface area contributed by atoms with Crippen molar-refractivity contribution < 1.29 is 24.0 Å². The average molecular weight is 620 g/mol. The Morgan fingerprint density at radius 2 is 1.64 bits per heavy atom. The van der Waals surface area contributed by atoms with Gasteiger partial charge in [-0.05, 0) is 50.3 Å². The van der Waals surface area contributed by atoms with Crippen LogP contribution in [0.3, 0.4) is 0 Å². The fraction of sp³-hybridized carbons (Fsp3) is 0.424. The third-order valence-electron chi connectivity index (χ3n) is 7.16. The number of ketones is 3. The summed E-state index contributed by atoms with van der Waals surface area (Å²) in [5.74, 6) is -1.92. The standard InChI is InChI=1S/C33H41N5O5S/c1-4-30(34)35-18-10-14-27(31(42)33-38-26-13-8-9-15-29(26)44-33)37-32(43)24(19-23-11-6-5-7-12-23)20-28(41)25(36-22(3)40)17-16-21(2)39/h5-9,11-13,15,24-25,27H,4,10,14,16-20H2,1-3H3,(H2,34,35)(H,36,40)(H,37,43)/t24-,25+,27+/m1/s1. The molecule has 1 aromatic heterocycles. The highest BCUT2D eigenvalue weighted by atomic mass is 32.1. The van der Waals surface area contributed by atoms with Crippen LogP contribution >= 0.6 is 11.3 Å². The lowest BCUT2D eigenvalue weighted by Crippen LogP contribution is -2.46. The van der Waals surface area contributed by atoms with Crippen LogP contribution in [0, 0.1) is 5.92 Å². The van der Waals surface area contributed by atoms with Gasteiger partial charge < -0.3 is 21.2 Å². The molecule has 44 heavy (non-hydrogen) atoms. The van der Waals surface area contributed by atoms with Crippen LogP contribution in [0.4, 0.5) is 0 Å². The summed E-state index contributed by atoms with van der Waals surface area (Å²) in [7, 11) is 0. The van der Waals surface area contributed by atoms with Crippen molar-refractivity contribution in [2.75, 3.05) is 6.54 Å². The van der Waals surface area contributed by atoms with E-state index >= 15 is 0 Å². The third kappa shape index (κ3) is 10.8. The zero-order chi connectivity index (χ0) is 32.1. The van der Waals surface area contributed by atoms with Gasteiger partial charge >= 0.3 is 0 Å². The second-order valence-corrected chi connectivity index (χ2v) is 11.9. The van der Waals surface area contributed by atoms with E-state index in [0.29, 0.717) is 42.2 Å². The Kier molecular flexibility index (Phi) is 13.3. The maximum absolute atomic E-state index is 13.9. The molecule has 0 fully saturated rings. The lowest BCUT2D eigenvalue weighted by atomic mass is 9.89. The molecule has 0 saturated carbocycles. The summed E-state index contributed by atoms with van der Waals surface area (Å²) in [6.45, 7) is 5.03. The molecule has 4 N–H and O–H groups in total. The van der Waals surface area contributed by atoms with Gasteiger partial charge in [-0.2, -0.15) is 0 Å². The number of thiazole rings is 1. The van der Waals surface area contributed by atoms with Gasteiger partial charge in [0.25, 0.3) is 0 Å². The van der Waals surface area contributed by atoms with Gasteiger partial charge in [-0.25, -0.2) is 4.98 Å². The van der Waals surface area contributed by atoms with Gasteiger partial charge in [-0.15, -0.1) is 11.3 Å². The molecule has 0 aliphatic rings. The number of benzene rings is 2. The van der Waals surface area contributed by atoms with Crippen molar-refractivity contribution in [3.8, 4) is 0 Å². The molecule has 3 rings (SSSR count). The van der Waals surface area contributed by atoms with Gasteiger partial charge in [-0.1, -0.05) is 49.4 Å². The molecule has 0 radical (unpaired) electrons. The molecule has 0 bridgehead atoms. The maximum Gasteiger partial charge on any atom is 0.224 e. The molecule has 1 heterocycles. The van der Waals surface area contributed by atoms with Crippen molar-refractivity contribution in [2.24, 2.45) is 16.6 Å². The Balaban J connectivity index is 1.86. The van der Waals surface area contributed by atoms with Crippen molar-refractivity contribution >= 4 is 56.6 Å². The number of nitrogens with two attached hydrogens (primary N) is 1. The SMILES string of the molecule is CCC(N)=NCCC[C@H](NC(=O)[C@@H](CC(=O)[C@H](CCC(C)=O)NC(C)=O)Cc1ccccc1)C(=O)c1nc2ccccc2s1. The minimum absolute atomic E-state index is 0.104. The maximum atomic E-state index is 13.9. The van der Waals surface area contributed by atoms with Gasteiger partial charge in [0.05, 0.1) is 28.1 Å². The number of amidine groups is 1. The molecule has 0 aliphatic heterocycles. The molecular weight excluding hydrogens is 578 g/mol. The summed E-state index contributed by atoms with van der Waals surface area (Å²) in [6, 6.07) is 14.9. The van der Waals surface area contributed by atoms with Crippen molar-refractivity contribution in [1.82, 2.24) is 15.6 Å². The van der Waals surface area contributed by atoms with E-state index < -0.39 is 29.8 Å². The lowest BCUT2D eigenvalue weighted by molar-refractivity contribution is -0.132. The Hall–Kier alpha value is -4.25. The molecule has 0 spiro atoms. The summed E-state index contributed by atoms with van der Waals surface area (Å²) in [5.41, 5.74) is 7.39. The first-order valence-corrected chi connectivity index (χ1v) is 15.7. The van der Waals surface area contributed by atoms with Crippen molar-refractivity contribution in [1.29, 1.82) is 0 Å². The second-order valence-electron chi connectivity index (χ2n) is 10.8. The largest absolute Gasteiger partial charge is 0.387 e. The van der Waals surface area contributed by atoms with Crippen LogP contribution in [-0.4, -0.2) is 58.6 Å². The lowest BCUT2D eigenvalue weighted by Gasteiger charge is -2.23. The molecule has 3 atom stereocenters. The summed E-state index contributed by atoms with van der Waals surface area (Å²) >= 11 is 1.27. The van der Waals surface area contributed by atoms with Crippen LogP contribution in [0.15, 0.2) is 59.6 Å². The van der Waals surface area contributed by atoms with E-state index in [1.54, 1.807) is 0 Å². The predicted octanol–water partition coefficient (Wildman–Crippen LogP) is 4.20. The molecule has 0 aliphatic carbocycles. The van der Waals surface area contributed by atoms with Crippen LogP contribution in [0.5, 0.6) is 0 Å². The number of fused-ring (bicyclic) bond motifs is 1. The molecule has 3 aromatic rings. The minimum atomic E-state index is -0.899. The van der Waals surface area contributed by atoms with Crippen LogP contribution < -0.4 is 16.4 Å². The molecule has 10 nitrogen and oxygen atoms in total. The smallest absolute Gasteiger partial charge is 0.224 e. The highest BCUT2D eigenvalue weighted by Gasteiger charge is 2.31. The Morgan fingerprint density at radius 3 is 2.30 bits per heavy atom. The molecule has 2 amide bonds. The number of Topliss-reactive ketones (excluding diaryl/α,β-unsaturated/α-hetero) is 3. The highest BCUT2D eigenvalue weighted by Crippen LogP contribution is 2.24. The fourth-order valence-corrected chi connectivity index (χ4v) is 5.72. The van der Waals surface area contributed by atoms with E-state index in [-0.39, 0.29) is 43.0 Å². The monoisotopic (exact) mass is 619 g/mol. The zero-order valence-corrected chi connectivity index (χ0v) is 26.3. The minimum Gasteiger partial charge on any atom is -0.387 e. The first-order chi connectivity index (χ1) is 21.1. The number of hydrogen-bond acceptors (Lipinski definition) is 8. The number of carbonyl (C=O) groups is 5. The number of nitrogens with zero attached hydrogens (tertiary/aromatic N) is 2. The van der Waals surface area contributed by atoms with E-state index in [1.807, 2.05) is 61.5 Å². The van der Waals surface area contributed by atoms with Crippen molar-refractivity contribution in [2.45, 2.75) is 77.8 Å². The van der Waals surface area contributed by atoms with Crippen LogP contribution in [-0.2, 0) is 25.6 Å². The van der Waals surface area contributed by atoms with E-state index in [1.165, 1.54) is 25.2 Å². The topological polar surface area (TPSA) is 161 Å². The van der Waals surface area contributed by atoms with Gasteiger partial charge in [0.2, 0.25) is 17.6 Å². The summed E-state index contributed by atoms with van der Waals surface area (Å²) in [5, 5.41) is 5.84. The first kappa shape index (κ1) is 34.2. The Labute approximate surface area is 261 Å². The number of aliphatic imine (C=N–C) groups is 1. The Bertz CT molecular complexity index is 1450. The molecule has 2 aromatic carbocycles. The second kappa shape index (κ2) is 17.1. The van der Waals surface area contributed by atoms with Crippen molar-refractivity contribution in [3.05, 3.63) is 65.2 Å². The molecule has 0 saturated heterocycles. The van der Waals surface area contributed by atoms with Crippen LogP contribution in [0.1, 0.15) is 74.7 Å². The highest BCUT2D eigenvalue weighted by molar-refractivity contribution is 7.20. The summed E-state index contributed by atoms with van der Waals surface area (Å²) < 4.78 is 0.864. The molecule has 234 valence electrons. The van der Waals surface area contributed by atoms with E-state index in [2.05, 4.69) is 20.6 Å². The Morgan fingerprint density at radius 1 is 0.932 bits per heavy atom. The number of rotatable bonds is 18. The van der Waals surface area contributed by atoms with Crippen LogP contribution in [0.2, 0.25) is 0 Å². The van der Waals surface area contributed by atoms with Crippen LogP contribution in [0.25, 0.3) is 10.2 Å². The predicted molar refractivity (Wildman–Crippen MR) is 173 cm³/mol. The van der Waals surface area contributed by atoms with Crippen molar-refractivity contribution in [3.63, 3.8) is 0 Å².